The van der Waals surface area contributed by atoms with Crippen LogP contribution in [0, 0.1) is 0 Å². The topological polar surface area (TPSA) is 77.8 Å². The van der Waals surface area contributed by atoms with Crippen molar-refractivity contribution in [1.82, 2.24) is 20.4 Å². The Bertz CT molecular complexity index is 1450. The first-order chi connectivity index (χ1) is 18.5. The van der Waals surface area contributed by atoms with Gasteiger partial charge in [0, 0.05) is 22.3 Å². The van der Waals surface area contributed by atoms with Crippen LogP contribution >= 0.6 is 0 Å². The lowest BCUT2D eigenvalue weighted by molar-refractivity contribution is 0.580. The summed E-state index contributed by atoms with van der Waals surface area (Å²) < 4.78 is 12.3. The molecule has 0 bridgehead atoms. The summed E-state index contributed by atoms with van der Waals surface area (Å²) in [5.41, 5.74) is 7.27. The van der Waals surface area contributed by atoms with Gasteiger partial charge >= 0.3 is 0 Å². The molecule has 0 amide bonds. The molecule has 3 aromatic carbocycles. The van der Waals surface area contributed by atoms with Gasteiger partial charge in [0.25, 0.3) is 0 Å². The first-order valence-corrected chi connectivity index (χ1v) is 13.5. The average Bonchev–Trinajstić information content (AvgIpc) is 3.59. The minimum atomic E-state index is 0.0825. The maximum Gasteiger partial charge on any atom is 0.248 e. The molecule has 6 heteroatoms. The normalized spacial score (nSPS) is 12.2. The molecule has 0 fully saturated rings. The highest BCUT2D eigenvalue weighted by Gasteiger charge is 2.19. The average molecular weight is 521 g/mol. The Morgan fingerprint density at radius 3 is 1.21 bits per heavy atom. The molecule has 0 spiro atoms. The monoisotopic (exact) mass is 520 g/mol. The quantitative estimate of drug-likeness (QED) is 0.223. The predicted octanol–water partition coefficient (Wildman–Crippen LogP) is 8.67. The zero-order valence-corrected chi connectivity index (χ0v) is 23.9. The van der Waals surface area contributed by atoms with Gasteiger partial charge in [0.2, 0.25) is 23.6 Å². The second-order valence-electron chi connectivity index (χ2n) is 12.1. The number of aromatic nitrogens is 4. The van der Waals surface area contributed by atoms with Crippen LogP contribution in [0.1, 0.15) is 71.6 Å². The number of hydrogen-bond donors (Lipinski definition) is 0. The van der Waals surface area contributed by atoms with E-state index in [2.05, 4.69) is 105 Å². The molecule has 0 radical (unpaired) electrons. The van der Waals surface area contributed by atoms with E-state index in [4.69, 9.17) is 8.83 Å². The van der Waals surface area contributed by atoms with Crippen molar-refractivity contribution in [1.29, 1.82) is 0 Å². The number of benzene rings is 3. The Morgan fingerprint density at radius 1 is 0.513 bits per heavy atom. The molecule has 200 valence electrons. The molecule has 2 heterocycles. The zero-order chi connectivity index (χ0) is 27.8. The maximum absolute atomic E-state index is 6.13. The lowest BCUT2D eigenvalue weighted by atomic mass is 9.87. The van der Waals surface area contributed by atoms with Crippen LogP contribution in [0.15, 0.2) is 75.6 Å². The Morgan fingerprint density at radius 2 is 0.872 bits per heavy atom. The number of rotatable bonds is 6. The predicted molar refractivity (Wildman–Crippen MR) is 155 cm³/mol. The summed E-state index contributed by atoms with van der Waals surface area (Å²) >= 11 is 0. The van der Waals surface area contributed by atoms with Crippen LogP contribution in [0.2, 0.25) is 0 Å². The van der Waals surface area contributed by atoms with Crippen molar-refractivity contribution in [2.24, 2.45) is 0 Å². The molecule has 0 aliphatic rings. The molecule has 0 aliphatic carbocycles. The van der Waals surface area contributed by atoms with Crippen molar-refractivity contribution in [2.75, 3.05) is 0 Å². The molecular formula is C33H36N4O2. The lowest BCUT2D eigenvalue weighted by Crippen LogP contribution is -2.10. The van der Waals surface area contributed by atoms with Crippen molar-refractivity contribution in [3.8, 4) is 45.8 Å². The molecular weight excluding hydrogens is 484 g/mol. The van der Waals surface area contributed by atoms with Gasteiger partial charge in [-0.3, -0.25) is 0 Å². The first-order valence-electron chi connectivity index (χ1n) is 13.5. The summed E-state index contributed by atoms with van der Waals surface area (Å²) in [6, 6.07) is 22.7. The number of hydrogen-bond acceptors (Lipinski definition) is 6. The van der Waals surface area contributed by atoms with Gasteiger partial charge in [-0.15, -0.1) is 20.4 Å². The summed E-state index contributed by atoms with van der Waals surface area (Å²) in [5, 5.41) is 17.4. The van der Waals surface area contributed by atoms with Crippen LogP contribution in [-0.2, 0) is 17.3 Å². The molecule has 5 aromatic rings. The van der Waals surface area contributed by atoms with Crippen LogP contribution in [0.25, 0.3) is 45.8 Å². The van der Waals surface area contributed by atoms with E-state index in [1.165, 1.54) is 11.1 Å². The summed E-state index contributed by atoms with van der Waals surface area (Å²) in [5.74, 6) is 1.90. The van der Waals surface area contributed by atoms with Crippen LogP contribution in [0.5, 0.6) is 0 Å². The smallest absolute Gasteiger partial charge is 0.248 e. The molecule has 6 nitrogen and oxygen atoms in total. The highest BCUT2D eigenvalue weighted by atomic mass is 16.4. The summed E-state index contributed by atoms with van der Waals surface area (Å²) in [6.07, 6.45) is 1.92. The van der Waals surface area contributed by atoms with E-state index in [1.54, 1.807) is 0 Å². The van der Waals surface area contributed by atoms with Gasteiger partial charge < -0.3 is 8.83 Å². The fraction of sp³-hybridized carbons (Fsp3) is 0.333. The highest BCUT2D eigenvalue weighted by Crippen LogP contribution is 2.32. The third kappa shape index (κ3) is 5.85. The maximum atomic E-state index is 6.13. The van der Waals surface area contributed by atoms with Crippen LogP contribution in [0.4, 0.5) is 0 Å². The second-order valence-corrected chi connectivity index (χ2v) is 12.1. The minimum Gasteiger partial charge on any atom is -0.416 e. The third-order valence-corrected chi connectivity index (χ3v) is 6.87. The number of nitrogens with zero attached hydrogens (tertiary/aromatic N) is 4. The van der Waals surface area contributed by atoms with Crippen molar-refractivity contribution in [3.63, 3.8) is 0 Å². The molecule has 0 saturated heterocycles. The van der Waals surface area contributed by atoms with E-state index in [9.17, 15) is 0 Å². The molecule has 39 heavy (non-hydrogen) atoms. The van der Waals surface area contributed by atoms with E-state index in [0.29, 0.717) is 23.6 Å². The molecule has 2 aromatic heterocycles. The standard InChI is InChI=1S/C33H36N4O2/c1-8-9-21-18-24(30-36-34-28(38-30)22-10-14-26(15-11-22)32(2,3)4)20-25(19-21)31-37-35-29(39-31)23-12-16-27(17-13-23)33(5,6)7/h10-20H,8-9H2,1-7H3. The molecule has 5 rings (SSSR count). The Hall–Kier alpha value is -4.06. The Balaban J connectivity index is 1.45. The van der Waals surface area contributed by atoms with E-state index in [-0.39, 0.29) is 10.8 Å². The number of aryl methyl sites for hydroxylation is 1. The zero-order valence-electron chi connectivity index (χ0n) is 23.9. The first kappa shape index (κ1) is 26.5. The van der Waals surface area contributed by atoms with Gasteiger partial charge in [0.05, 0.1) is 0 Å². The van der Waals surface area contributed by atoms with Crippen LogP contribution in [-0.4, -0.2) is 20.4 Å². The summed E-state index contributed by atoms with van der Waals surface area (Å²) in [4.78, 5) is 0. The van der Waals surface area contributed by atoms with Gasteiger partial charge in [-0.1, -0.05) is 79.2 Å². The van der Waals surface area contributed by atoms with Crippen molar-refractivity contribution in [3.05, 3.63) is 83.4 Å². The van der Waals surface area contributed by atoms with E-state index < -0.39 is 0 Å². The summed E-state index contributed by atoms with van der Waals surface area (Å²) in [6.45, 7) is 15.3. The highest BCUT2D eigenvalue weighted by molar-refractivity contribution is 5.68. The van der Waals surface area contributed by atoms with Crippen molar-refractivity contribution in [2.45, 2.75) is 72.1 Å². The van der Waals surface area contributed by atoms with Gasteiger partial charge in [-0.05, 0) is 76.4 Å². The summed E-state index contributed by atoms with van der Waals surface area (Å²) in [7, 11) is 0. The van der Waals surface area contributed by atoms with E-state index in [1.807, 2.05) is 30.3 Å². The van der Waals surface area contributed by atoms with Crippen LogP contribution in [0.3, 0.4) is 0 Å². The lowest BCUT2D eigenvalue weighted by Gasteiger charge is -2.18. The molecule has 0 unspecified atom stereocenters. The van der Waals surface area contributed by atoms with E-state index >= 15 is 0 Å². The fourth-order valence-electron chi connectivity index (χ4n) is 4.51. The second kappa shape index (κ2) is 10.3. The third-order valence-electron chi connectivity index (χ3n) is 6.87. The molecule has 0 atom stereocenters. The van der Waals surface area contributed by atoms with Gasteiger partial charge in [-0.25, -0.2) is 0 Å². The van der Waals surface area contributed by atoms with Gasteiger partial charge in [-0.2, -0.15) is 0 Å². The SMILES string of the molecule is CCCc1cc(-c2nnc(-c3ccc(C(C)(C)C)cc3)o2)cc(-c2nnc(-c3ccc(C(C)(C)C)cc3)o2)c1. The largest absolute Gasteiger partial charge is 0.416 e. The minimum absolute atomic E-state index is 0.0825. The van der Waals surface area contributed by atoms with Gasteiger partial charge in [0.1, 0.15) is 0 Å². The Kier molecular flexibility index (Phi) is 6.98. The molecule has 0 N–H and O–H groups in total. The van der Waals surface area contributed by atoms with Crippen molar-refractivity contribution >= 4 is 0 Å². The van der Waals surface area contributed by atoms with Crippen molar-refractivity contribution < 1.29 is 8.83 Å². The molecule has 0 saturated carbocycles. The molecule has 0 aliphatic heterocycles. The fourth-order valence-corrected chi connectivity index (χ4v) is 4.51. The van der Waals surface area contributed by atoms with Gasteiger partial charge in [0.15, 0.2) is 0 Å². The Labute approximate surface area is 230 Å². The van der Waals surface area contributed by atoms with E-state index in [0.717, 1.165) is 40.7 Å². The van der Waals surface area contributed by atoms with Crippen LogP contribution < -0.4 is 0 Å².